The Labute approximate surface area is 159 Å². The van der Waals surface area contributed by atoms with Gasteiger partial charge in [0.2, 0.25) is 5.60 Å². The minimum absolute atomic E-state index is 0.135. The molecule has 1 aliphatic heterocycles. The maximum Gasteiger partial charge on any atom is 0.349 e. The normalized spacial score (nSPS) is 20.2. The summed E-state index contributed by atoms with van der Waals surface area (Å²) >= 11 is 0. The molecule has 0 aromatic heterocycles. The summed E-state index contributed by atoms with van der Waals surface area (Å²) in [6.07, 6.45) is 1.39. The van der Waals surface area contributed by atoms with E-state index in [9.17, 15) is 4.79 Å². The van der Waals surface area contributed by atoms with Gasteiger partial charge in [-0.15, -0.1) is 0 Å². The molecule has 1 aliphatic rings. The Morgan fingerprint density at radius 3 is 2.19 bits per heavy atom. The van der Waals surface area contributed by atoms with Gasteiger partial charge in [0.15, 0.2) is 0 Å². The lowest BCUT2D eigenvalue weighted by molar-refractivity contribution is -0.159. The first-order valence-electron chi connectivity index (χ1n) is 9.34. The van der Waals surface area contributed by atoms with Gasteiger partial charge in [-0.3, -0.25) is 0 Å². The van der Waals surface area contributed by atoms with Crippen LogP contribution in [0.3, 0.4) is 0 Å². The molecule has 0 N–H and O–H groups in total. The second kappa shape index (κ2) is 6.59. The Morgan fingerprint density at radius 2 is 1.69 bits per heavy atom. The highest BCUT2D eigenvalue weighted by Gasteiger charge is 2.43. The van der Waals surface area contributed by atoms with Crippen LogP contribution in [-0.4, -0.2) is 27.0 Å². The van der Waals surface area contributed by atoms with E-state index >= 15 is 0 Å². The van der Waals surface area contributed by atoms with E-state index in [4.69, 9.17) is 13.9 Å². The number of carbonyl (C=O) groups is 1. The minimum Gasteiger partial charge on any atom is -0.543 e. The van der Waals surface area contributed by atoms with Crippen molar-refractivity contribution >= 4 is 14.3 Å². The van der Waals surface area contributed by atoms with Crippen molar-refractivity contribution in [1.29, 1.82) is 0 Å². The van der Waals surface area contributed by atoms with Crippen LogP contribution in [0, 0.1) is 20.8 Å². The van der Waals surface area contributed by atoms with Gasteiger partial charge in [0, 0.05) is 12.0 Å². The number of hydrogen-bond donors (Lipinski definition) is 0. The third-order valence-electron chi connectivity index (χ3n) is 6.27. The Kier molecular flexibility index (Phi) is 5.28. The number of ether oxygens (including phenoxy) is 2. The fourth-order valence-corrected chi connectivity index (χ4v) is 4.28. The smallest absolute Gasteiger partial charge is 0.349 e. The molecule has 2 rings (SSSR count). The fourth-order valence-electron chi connectivity index (χ4n) is 3.16. The van der Waals surface area contributed by atoms with Crippen LogP contribution in [0.4, 0.5) is 0 Å². The fraction of sp³-hybridized carbons (Fsp3) is 0.667. The summed E-state index contributed by atoms with van der Waals surface area (Å²) in [5.74, 6) is 1.50. The second-order valence-electron chi connectivity index (χ2n) is 9.20. The zero-order valence-electron chi connectivity index (χ0n) is 18.0. The molecule has 26 heavy (non-hydrogen) atoms. The molecule has 1 heterocycles. The van der Waals surface area contributed by atoms with Gasteiger partial charge in [0.1, 0.15) is 11.5 Å². The SMILES string of the molecule is COC(=O)[C@@]1(C)CCc2c(C)c(O[Si](C)(C)C(C)(C)C)c(C)c(C)c2O1. The van der Waals surface area contributed by atoms with Gasteiger partial charge >= 0.3 is 5.97 Å². The molecule has 0 bridgehead atoms. The highest BCUT2D eigenvalue weighted by molar-refractivity contribution is 6.74. The van der Waals surface area contributed by atoms with Crippen molar-refractivity contribution in [3.05, 3.63) is 22.3 Å². The van der Waals surface area contributed by atoms with Crippen LogP contribution in [0.1, 0.15) is 56.4 Å². The third-order valence-corrected chi connectivity index (χ3v) is 10.6. The van der Waals surface area contributed by atoms with Gasteiger partial charge in [-0.1, -0.05) is 20.8 Å². The lowest BCUT2D eigenvalue weighted by Crippen LogP contribution is -2.46. The number of carbonyl (C=O) groups excluding carboxylic acids is 1. The molecule has 146 valence electrons. The molecule has 0 radical (unpaired) electrons. The van der Waals surface area contributed by atoms with Crippen LogP contribution >= 0.6 is 0 Å². The zero-order valence-corrected chi connectivity index (χ0v) is 19.0. The third kappa shape index (κ3) is 3.38. The quantitative estimate of drug-likeness (QED) is 0.532. The molecule has 5 heteroatoms. The first kappa shape index (κ1) is 20.8. The van der Waals surface area contributed by atoms with Gasteiger partial charge in [0.25, 0.3) is 8.32 Å². The molecular formula is C21H34O4Si. The Balaban J connectivity index is 2.53. The first-order chi connectivity index (χ1) is 11.7. The van der Waals surface area contributed by atoms with E-state index in [1.807, 2.05) is 6.92 Å². The summed E-state index contributed by atoms with van der Waals surface area (Å²) in [6, 6.07) is 0. The highest BCUT2D eigenvalue weighted by Crippen LogP contribution is 2.46. The molecule has 0 amide bonds. The Hall–Kier alpha value is -1.49. The average Bonchev–Trinajstić information content (AvgIpc) is 2.54. The highest BCUT2D eigenvalue weighted by atomic mass is 28.4. The molecule has 1 aromatic rings. The van der Waals surface area contributed by atoms with E-state index in [0.717, 1.165) is 40.2 Å². The van der Waals surface area contributed by atoms with Crippen LogP contribution in [0.15, 0.2) is 0 Å². The summed E-state index contributed by atoms with van der Waals surface area (Å²) in [4.78, 5) is 12.2. The number of rotatable bonds is 3. The largest absolute Gasteiger partial charge is 0.543 e. The van der Waals surface area contributed by atoms with E-state index in [2.05, 4.69) is 54.6 Å². The molecule has 0 unspecified atom stereocenters. The van der Waals surface area contributed by atoms with E-state index < -0.39 is 13.9 Å². The topological polar surface area (TPSA) is 44.8 Å². The standard InChI is InChI=1S/C21H34O4Si/c1-13-14(2)18-16(11-12-21(7,24-18)19(22)23-8)15(3)17(13)25-26(9,10)20(4,5)6/h11-12H2,1-10H3/t21-/m1/s1. The van der Waals surface area contributed by atoms with Crippen molar-refractivity contribution < 1.29 is 18.7 Å². The van der Waals surface area contributed by atoms with E-state index in [-0.39, 0.29) is 11.0 Å². The van der Waals surface area contributed by atoms with Crippen LogP contribution < -0.4 is 9.16 Å². The number of benzene rings is 1. The van der Waals surface area contributed by atoms with Crippen molar-refractivity contribution in [3.63, 3.8) is 0 Å². The van der Waals surface area contributed by atoms with E-state index in [1.165, 1.54) is 7.11 Å². The lowest BCUT2D eigenvalue weighted by Gasteiger charge is -2.40. The average molecular weight is 379 g/mol. The molecule has 1 atom stereocenters. The van der Waals surface area contributed by atoms with Crippen LogP contribution in [0.5, 0.6) is 11.5 Å². The van der Waals surface area contributed by atoms with Gasteiger partial charge < -0.3 is 13.9 Å². The number of fused-ring (bicyclic) bond motifs is 1. The number of methoxy groups -OCH3 is 1. The lowest BCUT2D eigenvalue weighted by atomic mass is 9.87. The van der Waals surface area contributed by atoms with Crippen LogP contribution in [-0.2, 0) is 16.0 Å². The van der Waals surface area contributed by atoms with E-state index in [1.54, 1.807) is 0 Å². The Bertz CT molecular complexity index is 731. The summed E-state index contributed by atoms with van der Waals surface area (Å²) in [5, 5.41) is 0.135. The van der Waals surface area contributed by atoms with Gasteiger partial charge in [-0.2, -0.15) is 0 Å². The van der Waals surface area contributed by atoms with Gasteiger partial charge in [-0.05, 0) is 68.9 Å². The van der Waals surface area contributed by atoms with Crippen LogP contribution in [0.2, 0.25) is 18.1 Å². The molecule has 0 aliphatic carbocycles. The number of esters is 1. The van der Waals surface area contributed by atoms with Crippen molar-refractivity contribution in [2.24, 2.45) is 0 Å². The maximum absolute atomic E-state index is 12.2. The summed E-state index contributed by atoms with van der Waals surface area (Å²) in [6.45, 7) is 19.3. The molecule has 0 saturated heterocycles. The molecule has 4 nitrogen and oxygen atoms in total. The van der Waals surface area contributed by atoms with E-state index in [0.29, 0.717) is 6.42 Å². The second-order valence-corrected chi connectivity index (χ2v) is 13.9. The summed E-state index contributed by atoms with van der Waals surface area (Å²) < 4.78 is 17.8. The monoisotopic (exact) mass is 378 g/mol. The summed E-state index contributed by atoms with van der Waals surface area (Å²) in [5.41, 5.74) is 3.52. The summed E-state index contributed by atoms with van der Waals surface area (Å²) in [7, 11) is -0.535. The predicted molar refractivity (Wildman–Crippen MR) is 108 cm³/mol. The zero-order chi connectivity index (χ0) is 20.1. The first-order valence-corrected chi connectivity index (χ1v) is 12.2. The van der Waals surface area contributed by atoms with Gasteiger partial charge in [0.05, 0.1) is 7.11 Å². The predicted octanol–water partition coefficient (Wildman–Crippen LogP) is 5.25. The molecule has 0 spiro atoms. The van der Waals surface area contributed by atoms with Crippen molar-refractivity contribution in [3.8, 4) is 11.5 Å². The Morgan fingerprint density at radius 1 is 1.12 bits per heavy atom. The molecule has 0 fully saturated rings. The minimum atomic E-state index is -1.94. The van der Waals surface area contributed by atoms with Crippen molar-refractivity contribution in [2.75, 3.05) is 7.11 Å². The molecular weight excluding hydrogens is 344 g/mol. The number of hydrogen-bond acceptors (Lipinski definition) is 4. The van der Waals surface area contributed by atoms with Gasteiger partial charge in [-0.25, -0.2) is 4.79 Å². The van der Waals surface area contributed by atoms with Crippen LogP contribution in [0.25, 0.3) is 0 Å². The maximum atomic E-state index is 12.2. The van der Waals surface area contributed by atoms with Crippen molar-refractivity contribution in [1.82, 2.24) is 0 Å². The molecule has 0 saturated carbocycles. The van der Waals surface area contributed by atoms with Crippen molar-refractivity contribution in [2.45, 2.75) is 85.0 Å². The molecule has 1 aromatic carbocycles.